The first-order valence-corrected chi connectivity index (χ1v) is 6.78. The third-order valence-electron chi connectivity index (χ3n) is 3.95. The Balaban J connectivity index is 1.86. The molecule has 0 bridgehead atoms. The molecule has 6 heteroatoms. The Morgan fingerprint density at radius 2 is 2.32 bits per heavy atom. The molecule has 2 heterocycles. The van der Waals surface area contributed by atoms with E-state index in [9.17, 15) is 4.79 Å². The lowest BCUT2D eigenvalue weighted by Gasteiger charge is -2.27. The van der Waals surface area contributed by atoms with Crippen LogP contribution >= 0.6 is 0 Å². The summed E-state index contributed by atoms with van der Waals surface area (Å²) in [6.07, 6.45) is 6.50. The maximum atomic E-state index is 12.1. The summed E-state index contributed by atoms with van der Waals surface area (Å²) >= 11 is 0. The fourth-order valence-corrected chi connectivity index (χ4v) is 2.85. The number of hydrogen-bond donors (Lipinski definition) is 1. The van der Waals surface area contributed by atoms with E-state index >= 15 is 0 Å². The molecule has 0 aromatic carbocycles. The Morgan fingerprint density at radius 3 is 3.00 bits per heavy atom. The van der Waals surface area contributed by atoms with E-state index in [4.69, 9.17) is 10.5 Å². The number of hydrogen-bond acceptors (Lipinski definition) is 4. The van der Waals surface area contributed by atoms with Crippen LogP contribution in [0.3, 0.4) is 0 Å². The van der Waals surface area contributed by atoms with Gasteiger partial charge in [0.15, 0.2) is 0 Å². The van der Waals surface area contributed by atoms with E-state index in [2.05, 4.69) is 9.55 Å². The average Bonchev–Trinajstić information content (AvgIpc) is 3.05. The van der Waals surface area contributed by atoms with Crippen molar-refractivity contribution in [2.24, 2.45) is 5.73 Å². The Morgan fingerprint density at radius 1 is 1.53 bits per heavy atom. The summed E-state index contributed by atoms with van der Waals surface area (Å²) in [6, 6.07) is 0.328. The minimum atomic E-state index is -0.154. The molecule has 1 aliphatic carbocycles. The van der Waals surface area contributed by atoms with Gasteiger partial charge in [0.05, 0.1) is 30.9 Å². The second-order valence-electron chi connectivity index (χ2n) is 5.35. The number of carbonyl (C=O) groups excluding carboxylic acids is 1. The standard InChI is InChI=1S/C13H20N4O2/c1-19-5-4-16-12(18)6-10(14)13(16)11-7-15-8-17(11)9-2-3-9/h7-10,13H,2-6,14H2,1H3. The summed E-state index contributed by atoms with van der Waals surface area (Å²) in [6.45, 7) is 1.12. The number of methoxy groups -OCH3 is 1. The third kappa shape index (κ3) is 2.26. The summed E-state index contributed by atoms with van der Waals surface area (Å²) in [5.74, 6) is 0.109. The second kappa shape index (κ2) is 4.94. The van der Waals surface area contributed by atoms with Gasteiger partial charge in [-0.05, 0) is 12.8 Å². The van der Waals surface area contributed by atoms with Gasteiger partial charge < -0.3 is 19.9 Å². The van der Waals surface area contributed by atoms with E-state index in [1.54, 1.807) is 7.11 Å². The van der Waals surface area contributed by atoms with Gasteiger partial charge in [0, 0.05) is 32.2 Å². The Labute approximate surface area is 112 Å². The molecule has 2 aliphatic rings. The second-order valence-corrected chi connectivity index (χ2v) is 5.35. The first-order valence-electron chi connectivity index (χ1n) is 6.78. The summed E-state index contributed by atoms with van der Waals surface area (Å²) in [7, 11) is 1.64. The molecule has 0 radical (unpaired) electrons. The first-order chi connectivity index (χ1) is 9.22. The van der Waals surface area contributed by atoms with Gasteiger partial charge in [-0.1, -0.05) is 0 Å². The SMILES string of the molecule is COCCN1C(=O)CC(N)C1c1cncn1C1CC1. The Bertz CT molecular complexity index is 469. The van der Waals surface area contributed by atoms with E-state index in [1.165, 1.54) is 12.8 Å². The van der Waals surface area contributed by atoms with E-state index in [1.807, 2.05) is 17.4 Å². The maximum Gasteiger partial charge on any atom is 0.224 e. The zero-order valence-electron chi connectivity index (χ0n) is 11.2. The molecule has 0 spiro atoms. The van der Waals surface area contributed by atoms with Crippen LogP contribution in [0.2, 0.25) is 0 Å². The molecule has 1 aliphatic heterocycles. The lowest BCUT2D eigenvalue weighted by Crippen LogP contribution is -2.36. The summed E-state index contributed by atoms with van der Waals surface area (Å²) in [4.78, 5) is 18.1. The number of nitrogens with zero attached hydrogens (tertiary/aromatic N) is 3. The van der Waals surface area contributed by atoms with E-state index in [0.717, 1.165) is 5.69 Å². The fourth-order valence-electron chi connectivity index (χ4n) is 2.85. The molecular weight excluding hydrogens is 244 g/mol. The number of nitrogens with two attached hydrogens (primary N) is 1. The number of aromatic nitrogens is 2. The first kappa shape index (κ1) is 12.6. The van der Waals surface area contributed by atoms with E-state index in [-0.39, 0.29) is 18.0 Å². The molecule has 6 nitrogen and oxygen atoms in total. The molecule has 1 aromatic rings. The van der Waals surface area contributed by atoms with Crippen molar-refractivity contribution < 1.29 is 9.53 Å². The number of likely N-dealkylation sites (tertiary alicyclic amines) is 1. The molecule has 19 heavy (non-hydrogen) atoms. The molecule has 2 N–H and O–H groups in total. The van der Waals surface area contributed by atoms with Crippen LogP contribution in [0.15, 0.2) is 12.5 Å². The van der Waals surface area contributed by atoms with Gasteiger partial charge in [-0.2, -0.15) is 0 Å². The van der Waals surface area contributed by atoms with Gasteiger partial charge >= 0.3 is 0 Å². The van der Waals surface area contributed by atoms with Crippen molar-refractivity contribution in [2.45, 2.75) is 37.4 Å². The normalized spacial score (nSPS) is 27.3. The number of imidazole rings is 1. The lowest BCUT2D eigenvalue weighted by molar-refractivity contribution is -0.129. The van der Waals surface area contributed by atoms with Crippen LogP contribution in [0.5, 0.6) is 0 Å². The van der Waals surface area contributed by atoms with Crippen molar-refractivity contribution in [3.63, 3.8) is 0 Å². The molecule has 3 rings (SSSR count). The lowest BCUT2D eigenvalue weighted by atomic mass is 10.1. The van der Waals surface area contributed by atoms with Crippen LogP contribution in [0, 0.1) is 0 Å². The number of ether oxygens (including phenoxy) is 1. The van der Waals surface area contributed by atoms with Gasteiger partial charge in [0.2, 0.25) is 5.91 Å². The van der Waals surface area contributed by atoms with Crippen molar-refractivity contribution in [3.05, 3.63) is 18.2 Å². The van der Waals surface area contributed by atoms with Gasteiger partial charge in [-0.15, -0.1) is 0 Å². The van der Waals surface area contributed by atoms with Gasteiger partial charge in [-0.25, -0.2) is 4.98 Å². The van der Waals surface area contributed by atoms with Crippen molar-refractivity contribution in [1.29, 1.82) is 0 Å². The van der Waals surface area contributed by atoms with Crippen LogP contribution in [-0.2, 0) is 9.53 Å². The van der Waals surface area contributed by atoms with Crippen LogP contribution in [0.4, 0.5) is 0 Å². The van der Waals surface area contributed by atoms with Crippen molar-refractivity contribution >= 4 is 5.91 Å². The summed E-state index contributed by atoms with van der Waals surface area (Å²) < 4.78 is 7.27. The van der Waals surface area contributed by atoms with Crippen LogP contribution in [0.1, 0.15) is 37.0 Å². The quantitative estimate of drug-likeness (QED) is 0.838. The molecule has 1 saturated heterocycles. The van der Waals surface area contributed by atoms with Gasteiger partial charge in [-0.3, -0.25) is 4.79 Å². The zero-order valence-corrected chi connectivity index (χ0v) is 11.2. The average molecular weight is 264 g/mol. The van der Waals surface area contributed by atoms with Crippen LogP contribution in [-0.4, -0.2) is 46.7 Å². The zero-order chi connectivity index (χ0) is 13.4. The van der Waals surface area contributed by atoms with Crippen molar-refractivity contribution in [1.82, 2.24) is 14.5 Å². The fraction of sp³-hybridized carbons (Fsp3) is 0.692. The van der Waals surface area contributed by atoms with E-state index in [0.29, 0.717) is 25.6 Å². The maximum absolute atomic E-state index is 12.1. The largest absolute Gasteiger partial charge is 0.383 e. The van der Waals surface area contributed by atoms with Crippen molar-refractivity contribution in [3.8, 4) is 0 Å². The number of rotatable bonds is 5. The Kier molecular flexibility index (Phi) is 3.28. The smallest absolute Gasteiger partial charge is 0.224 e. The molecule has 1 amide bonds. The van der Waals surface area contributed by atoms with Crippen LogP contribution in [0.25, 0.3) is 0 Å². The van der Waals surface area contributed by atoms with Crippen molar-refractivity contribution in [2.75, 3.05) is 20.3 Å². The predicted molar refractivity (Wildman–Crippen MR) is 69.4 cm³/mol. The van der Waals surface area contributed by atoms with Gasteiger partial charge in [0.25, 0.3) is 0 Å². The number of carbonyl (C=O) groups is 1. The number of amides is 1. The molecule has 104 valence electrons. The minimum Gasteiger partial charge on any atom is -0.383 e. The Hall–Kier alpha value is -1.40. The molecule has 1 aromatic heterocycles. The molecule has 2 unspecified atom stereocenters. The summed E-state index contributed by atoms with van der Waals surface area (Å²) in [5, 5.41) is 0. The topological polar surface area (TPSA) is 73.4 Å². The predicted octanol–water partition coefficient (Wildman–Crippen LogP) is 0.465. The molecule has 2 fully saturated rings. The third-order valence-corrected chi connectivity index (χ3v) is 3.95. The highest BCUT2D eigenvalue weighted by Crippen LogP contribution is 2.40. The molecular formula is C13H20N4O2. The highest BCUT2D eigenvalue weighted by molar-refractivity contribution is 5.80. The van der Waals surface area contributed by atoms with Crippen LogP contribution < -0.4 is 5.73 Å². The highest BCUT2D eigenvalue weighted by atomic mass is 16.5. The minimum absolute atomic E-state index is 0.0641. The summed E-state index contributed by atoms with van der Waals surface area (Å²) in [5.41, 5.74) is 7.23. The monoisotopic (exact) mass is 264 g/mol. The molecule has 1 saturated carbocycles. The van der Waals surface area contributed by atoms with Gasteiger partial charge in [0.1, 0.15) is 0 Å². The molecule has 2 atom stereocenters. The highest BCUT2D eigenvalue weighted by Gasteiger charge is 2.41. The van der Waals surface area contributed by atoms with E-state index < -0.39 is 0 Å².